The summed E-state index contributed by atoms with van der Waals surface area (Å²) in [5.74, 6) is -0.240. The summed E-state index contributed by atoms with van der Waals surface area (Å²) in [5.41, 5.74) is 1.00. The fourth-order valence-electron chi connectivity index (χ4n) is 2.34. The van der Waals surface area contributed by atoms with E-state index in [2.05, 4.69) is 0 Å². The zero-order chi connectivity index (χ0) is 14.4. The molecule has 0 N–H and O–H groups in total. The van der Waals surface area contributed by atoms with Crippen LogP contribution >= 0.6 is 0 Å². The maximum absolute atomic E-state index is 12.0. The number of hydrogen-bond donors (Lipinski definition) is 0. The molecule has 1 heterocycles. The predicted octanol–water partition coefficient (Wildman–Crippen LogP) is 2.11. The number of piperidine rings is 1. The molecule has 0 radical (unpaired) electrons. The smallest absolute Gasteiger partial charge is 0.308 e. The molecule has 0 spiro atoms. The van der Waals surface area contributed by atoms with Gasteiger partial charge >= 0.3 is 5.97 Å². The first-order valence-corrected chi connectivity index (χ1v) is 6.80. The van der Waals surface area contributed by atoms with E-state index in [1.165, 1.54) is 7.11 Å². The summed E-state index contributed by atoms with van der Waals surface area (Å²) in [4.78, 5) is 25.2. The first-order chi connectivity index (χ1) is 9.70. The van der Waals surface area contributed by atoms with Crippen LogP contribution in [0.1, 0.15) is 18.4 Å². The van der Waals surface area contributed by atoms with Crippen LogP contribution in [0.25, 0.3) is 6.08 Å². The van der Waals surface area contributed by atoms with Crippen molar-refractivity contribution < 1.29 is 14.3 Å². The fraction of sp³-hybridized carbons (Fsp3) is 0.375. The molecule has 0 saturated carbocycles. The summed E-state index contributed by atoms with van der Waals surface area (Å²) in [6.07, 6.45) is 4.76. The van der Waals surface area contributed by atoms with E-state index in [1.54, 1.807) is 11.0 Å². The monoisotopic (exact) mass is 273 g/mol. The highest BCUT2D eigenvalue weighted by Gasteiger charge is 2.26. The SMILES string of the molecule is COC(=O)C1CCN(C(=O)C=Cc2ccccc2)CC1. The average molecular weight is 273 g/mol. The Bertz CT molecular complexity index is 488. The summed E-state index contributed by atoms with van der Waals surface area (Å²) in [7, 11) is 1.41. The van der Waals surface area contributed by atoms with Gasteiger partial charge < -0.3 is 9.64 Å². The van der Waals surface area contributed by atoms with Crippen molar-refractivity contribution in [2.75, 3.05) is 20.2 Å². The molecule has 1 saturated heterocycles. The maximum Gasteiger partial charge on any atom is 0.308 e. The normalized spacial score (nSPS) is 16.4. The average Bonchev–Trinajstić information content (AvgIpc) is 2.53. The van der Waals surface area contributed by atoms with Crippen LogP contribution in [0.2, 0.25) is 0 Å². The van der Waals surface area contributed by atoms with Crippen LogP contribution in [0.4, 0.5) is 0 Å². The number of hydrogen-bond acceptors (Lipinski definition) is 3. The minimum absolute atomic E-state index is 0.00262. The van der Waals surface area contributed by atoms with Gasteiger partial charge in [0.25, 0.3) is 0 Å². The van der Waals surface area contributed by atoms with Crippen LogP contribution in [0.15, 0.2) is 36.4 Å². The van der Waals surface area contributed by atoms with E-state index in [1.807, 2.05) is 36.4 Å². The third-order valence-corrected chi connectivity index (χ3v) is 3.56. The van der Waals surface area contributed by atoms with Crippen LogP contribution in [0.5, 0.6) is 0 Å². The number of rotatable bonds is 3. The first kappa shape index (κ1) is 14.3. The van der Waals surface area contributed by atoms with Gasteiger partial charge in [0.05, 0.1) is 13.0 Å². The molecule has 4 nitrogen and oxygen atoms in total. The number of esters is 1. The Kier molecular flexibility index (Phi) is 4.93. The minimum atomic E-state index is -0.170. The predicted molar refractivity (Wildman–Crippen MR) is 76.8 cm³/mol. The highest BCUT2D eigenvalue weighted by molar-refractivity contribution is 5.92. The van der Waals surface area contributed by atoms with Crippen LogP contribution < -0.4 is 0 Å². The molecule has 2 rings (SSSR count). The quantitative estimate of drug-likeness (QED) is 0.626. The molecule has 1 aromatic carbocycles. The van der Waals surface area contributed by atoms with Gasteiger partial charge in [0.1, 0.15) is 0 Å². The second-order valence-corrected chi connectivity index (χ2v) is 4.87. The maximum atomic E-state index is 12.0. The second kappa shape index (κ2) is 6.89. The molecule has 106 valence electrons. The lowest BCUT2D eigenvalue weighted by molar-refractivity contribution is -0.148. The lowest BCUT2D eigenvalue weighted by Gasteiger charge is -2.29. The van der Waals surface area contributed by atoms with Gasteiger partial charge in [0.2, 0.25) is 5.91 Å². The molecule has 1 aromatic rings. The summed E-state index contributed by atoms with van der Waals surface area (Å²) >= 11 is 0. The Hall–Kier alpha value is -2.10. The molecule has 0 bridgehead atoms. The number of likely N-dealkylation sites (tertiary alicyclic amines) is 1. The molecule has 1 amide bonds. The minimum Gasteiger partial charge on any atom is -0.469 e. The van der Waals surface area contributed by atoms with Crippen LogP contribution in [-0.2, 0) is 14.3 Å². The van der Waals surface area contributed by atoms with Crippen LogP contribution in [0.3, 0.4) is 0 Å². The van der Waals surface area contributed by atoms with Gasteiger partial charge in [-0.25, -0.2) is 0 Å². The van der Waals surface area contributed by atoms with Crippen molar-refractivity contribution in [2.45, 2.75) is 12.8 Å². The Morgan fingerprint density at radius 2 is 1.85 bits per heavy atom. The third kappa shape index (κ3) is 3.70. The van der Waals surface area contributed by atoms with E-state index in [0.29, 0.717) is 25.9 Å². The van der Waals surface area contributed by atoms with E-state index >= 15 is 0 Å². The van der Waals surface area contributed by atoms with Gasteiger partial charge in [-0.05, 0) is 24.5 Å². The van der Waals surface area contributed by atoms with Crippen molar-refractivity contribution in [3.8, 4) is 0 Å². The van der Waals surface area contributed by atoms with Crippen molar-refractivity contribution in [1.82, 2.24) is 4.90 Å². The number of methoxy groups -OCH3 is 1. The molecule has 1 fully saturated rings. The molecule has 0 unspecified atom stereocenters. The van der Waals surface area contributed by atoms with Gasteiger partial charge in [-0.15, -0.1) is 0 Å². The summed E-state index contributed by atoms with van der Waals surface area (Å²) in [5, 5.41) is 0. The molecule has 0 atom stereocenters. The van der Waals surface area contributed by atoms with Crippen molar-refractivity contribution in [1.29, 1.82) is 0 Å². The fourth-order valence-corrected chi connectivity index (χ4v) is 2.34. The topological polar surface area (TPSA) is 46.6 Å². The number of nitrogens with zero attached hydrogens (tertiary/aromatic N) is 1. The number of carbonyl (C=O) groups is 2. The van der Waals surface area contributed by atoms with E-state index in [9.17, 15) is 9.59 Å². The molecule has 1 aliphatic heterocycles. The van der Waals surface area contributed by atoms with Gasteiger partial charge in [-0.3, -0.25) is 9.59 Å². The molecular weight excluding hydrogens is 254 g/mol. The number of ether oxygens (including phenoxy) is 1. The van der Waals surface area contributed by atoms with Crippen LogP contribution in [0, 0.1) is 5.92 Å². The van der Waals surface area contributed by atoms with Gasteiger partial charge in [0.15, 0.2) is 0 Å². The zero-order valence-electron chi connectivity index (χ0n) is 11.6. The molecule has 1 aliphatic rings. The van der Waals surface area contributed by atoms with E-state index < -0.39 is 0 Å². The second-order valence-electron chi connectivity index (χ2n) is 4.87. The molecule has 0 aromatic heterocycles. The standard InChI is InChI=1S/C16H19NO3/c1-20-16(19)14-9-11-17(12-10-14)15(18)8-7-13-5-3-2-4-6-13/h2-8,14H,9-12H2,1H3. The largest absolute Gasteiger partial charge is 0.469 e. The van der Waals surface area contributed by atoms with Crippen LogP contribution in [-0.4, -0.2) is 37.0 Å². The van der Waals surface area contributed by atoms with E-state index in [-0.39, 0.29) is 17.8 Å². The summed E-state index contributed by atoms with van der Waals surface area (Å²) < 4.78 is 4.73. The zero-order valence-corrected chi connectivity index (χ0v) is 11.6. The Morgan fingerprint density at radius 1 is 1.20 bits per heavy atom. The lowest BCUT2D eigenvalue weighted by atomic mass is 9.97. The highest BCUT2D eigenvalue weighted by Crippen LogP contribution is 2.18. The Morgan fingerprint density at radius 3 is 2.45 bits per heavy atom. The lowest BCUT2D eigenvalue weighted by Crippen LogP contribution is -2.39. The summed E-state index contributed by atoms with van der Waals surface area (Å²) in [6.45, 7) is 1.22. The Labute approximate surface area is 119 Å². The van der Waals surface area contributed by atoms with Gasteiger partial charge in [0, 0.05) is 19.2 Å². The number of carbonyl (C=O) groups excluding carboxylic acids is 2. The highest BCUT2D eigenvalue weighted by atomic mass is 16.5. The number of benzene rings is 1. The van der Waals surface area contributed by atoms with Gasteiger partial charge in [-0.2, -0.15) is 0 Å². The molecule has 0 aliphatic carbocycles. The first-order valence-electron chi connectivity index (χ1n) is 6.80. The van der Waals surface area contributed by atoms with E-state index in [0.717, 1.165) is 5.56 Å². The Balaban J connectivity index is 1.86. The van der Waals surface area contributed by atoms with Crippen molar-refractivity contribution in [2.24, 2.45) is 5.92 Å². The van der Waals surface area contributed by atoms with Crippen molar-refractivity contribution in [3.63, 3.8) is 0 Å². The van der Waals surface area contributed by atoms with Crippen molar-refractivity contribution in [3.05, 3.63) is 42.0 Å². The molecule has 4 heteroatoms. The van der Waals surface area contributed by atoms with Crippen molar-refractivity contribution >= 4 is 18.0 Å². The van der Waals surface area contributed by atoms with Gasteiger partial charge in [-0.1, -0.05) is 30.3 Å². The molecule has 20 heavy (non-hydrogen) atoms. The van der Waals surface area contributed by atoms with E-state index in [4.69, 9.17) is 4.74 Å². The third-order valence-electron chi connectivity index (χ3n) is 3.56. The number of amides is 1. The summed E-state index contributed by atoms with van der Waals surface area (Å²) in [6, 6.07) is 9.72. The molecular formula is C16H19NO3.